The van der Waals surface area contributed by atoms with E-state index in [0.717, 1.165) is 0 Å². The summed E-state index contributed by atoms with van der Waals surface area (Å²) in [4.78, 5) is 23.2. The number of halogens is 1. The second-order valence-electron chi connectivity index (χ2n) is 5.69. The van der Waals surface area contributed by atoms with Crippen LogP contribution in [0.4, 0.5) is 10.1 Å². The van der Waals surface area contributed by atoms with Gasteiger partial charge in [-0.05, 0) is 55.5 Å². The fourth-order valence-electron chi connectivity index (χ4n) is 2.30. The molecule has 0 unspecified atom stereocenters. The molecule has 132 valence electrons. The third-order valence-electron chi connectivity index (χ3n) is 3.70. The van der Waals surface area contributed by atoms with Gasteiger partial charge in [0, 0.05) is 29.7 Å². The molecular weight excluding hydrogens is 337 g/mol. The van der Waals surface area contributed by atoms with Crippen molar-refractivity contribution in [2.75, 3.05) is 5.32 Å². The molecule has 0 spiro atoms. The van der Waals surface area contributed by atoms with E-state index in [9.17, 15) is 14.0 Å². The first-order chi connectivity index (χ1) is 12.5. The molecule has 3 rings (SSSR count). The zero-order valence-electron chi connectivity index (χ0n) is 14.0. The maximum atomic E-state index is 12.9. The van der Waals surface area contributed by atoms with Crippen LogP contribution in [0, 0.1) is 5.82 Å². The lowest BCUT2D eigenvalue weighted by atomic mass is 10.1. The van der Waals surface area contributed by atoms with Gasteiger partial charge in [0.1, 0.15) is 5.82 Å². The van der Waals surface area contributed by atoms with Gasteiger partial charge in [0.15, 0.2) is 5.78 Å². The number of anilines is 1. The molecular formula is C19H16FN3O3. The number of nitrogens with one attached hydrogen (secondary N) is 1. The number of benzene rings is 2. The Morgan fingerprint density at radius 2 is 1.73 bits per heavy atom. The van der Waals surface area contributed by atoms with E-state index >= 15 is 0 Å². The van der Waals surface area contributed by atoms with E-state index in [0.29, 0.717) is 22.7 Å². The van der Waals surface area contributed by atoms with Crippen LogP contribution in [-0.2, 0) is 11.2 Å². The number of amides is 1. The van der Waals surface area contributed by atoms with E-state index in [1.165, 1.54) is 19.1 Å². The Kier molecular flexibility index (Phi) is 5.17. The van der Waals surface area contributed by atoms with Crippen LogP contribution < -0.4 is 5.32 Å². The van der Waals surface area contributed by atoms with E-state index < -0.39 is 0 Å². The molecule has 0 saturated carbocycles. The average Bonchev–Trinajstić information content (AvgIpc) is 3.10. The zero-order valence-corrected chi connectivity index (χ0v) is 14.0. The molecule has 3 aromatic rings. The van der Waals surface area contributed by atoms with Gasteiger partial charge >= 0.3 is 0 Å². The van der Waals surface area contributed by atoms with E-state index in [2.05, 4.69) is 15.5 Å². The Balaban J connectivity index is 1.54. The minimum Gasteiger partial charge on any atom is -0.421 e. The first-order valence-electron chi connectivity index (χ1n) is 8.00. The van der Waals surface area contributed by atoms with Crippen molar-refractivity contribution in [2.45, 2.75) is 19.8 Å². The van der Waals surface area contributed by atoms with Crippen LogP contribution in [0.5, 0.6) is 0 Å². The Bertz CT molecular complexity index is 918. The normalized spacial score (nSPS) is 10.5. The second-order valence-corrected chi connectivity index (χ2v) is 5.69. The number of carbonyl (C=O) groups is 2. The maximum Gasteiger partial charge on any atom is 0.247 e. The van der Waals surface area contributed by atoms with Crippen LogP contribution in [0.1, 0.15) is 29.6 Å². The molecule has 0 bridgehead atoms. The highest BCUT2D eigenvalue weighted by Gasteiger charge is 2.11. The van der Waals surface area contributed by atoms with Crippen molar-refractivity contribution in [2.24, 2.45) is 0 Å². The van der Waals surface area contributed by atoms with Crippen LogP contribution >= 0.6 is 0 Å². The highest BCUT2D eigenvalue weighted by molar-refractivity contribution is 5.95. The van der Waals surface area contributed by atoms with Crippen molar-refractivity contribution >= 4 is 17.4 Å². The van der Waals surface area contributed by atoms with Crippen LogP contribution in [0.25, 0.3) is 11.5 Å². The monoisotopic (exact) mass is 353 g/mol. The van der Waals surface area contributed by atoms with Crippen LogP contribution in [0.3, 0.4) is 0 Å². The summed E-state index contributed by atoms with van der Waals surface area (Å²) >= 11 is 0. The molecule has 1 amide bonds. The Morgan fingerprint density at radius 1 is 1.04 bits per heavy atom. The molecule has 1 aromatic heterocycles. The summed E-state index contributed by atoms with van der Waals surface area (Å²) in [7, 11) is 0. The predicted molar refractivity (Wildman–Crippen MR) is 93.1 cm³/mol. The molecule has 0 aliphatic rings. The summed E-state index contributed by atoms with van der Waals surface area (Å²) in [6, 6.07) is 12.4. The van der Waals surface area contributed by atoms with Gasteiger partial charge in [0.05, 0.1) is 0 Å². The van der Waals surface area contributed by atoms with Crippen molar-refractivity contribution in [3.63, 3.8) is 0 Å². The van der Waals surface area contributed by atoms with Gasteiger partial charge in [-0.2, -0.15) is 0 Å². The fraction of sp³-hybridized carbons (Fsp3) is 0.158. The average molecular weight is 353 g/mol. The zero-order chi connectivity index (χ0) is 18.5. The number of ketones is 1. The van der Waals surface area contributed by atoms with Crippen LogP contribution in [-0.4, -0.2) is 21.9 Å². The number of nitrogens with zero attached hydrogens (tertiary/aromatic N) is 2. The number of aryl methyl sites for hydroxylation is 1. The number of aromatic nitrogens is 2. The lowest BCUT2D eigenvalue weighted by Gasteiger charge is -2.04. The van der Waals surface area contributed by atoms with Crippen molar-refractivity contribution in [1.82, 2.24) is 10.2 Å². The number of hydrogen-bond acceptors (Lipinski definition) is 5. The summed E-state index contributed by atoms with van der Waals surface area (Å²) in [6.45, 7) is 1.48. The Hall–Kier alpha value is -3.35. The lowest BCUT2D eigenvalue weighted by Crippen LogP contribution is -2.12. The SMILES string of the molecule is CC(=O)c1ccc(NC(=O)CCc2nnc(-c3ccc(F)cc3)o2)cc1. The summed E-state index contributed by atoms with van der Waals surface area (Å²) in [6.07, 6.45) is 0.449. The fourth-order valence-corrected chi connectivity index (χ4v) is 2.30. The predicted octanol–water partition coefficient (Wildman–Crippen LogP) is 3.65. The van der Waals surface area contributed by atoms with Crippen LogP contribution in [0.15, 0.2) is 52.9 Å². The molecule has 26 heavy (non-hydrogen) atoms. The standard InChI is InChI=1S/C19H16FN3O3/c1-12(24)13-4-8-16(9-5-13)21-17(25)10-11-18-22-23-19(26-18)14-2-6-15(20)7-3-14/h2-9H,10-11H2,1H3,(H,21,25). The van der Waals surface area contributed by atoms with Gasteiger partial charge in [-0.1, -0.05) is 0 Å². The first kappa shape index (κ1) is 17.5. The third kappa shape index (κ3) is 4.38. The minimum absolute atomic E-state index is 0.0313. The molecule has 1 heterocycles. The number of rotatable bonds is 6. The summed E-state index contributed by atoms with van der Waals surface area (Å²) in [5, 5.41) is 10.5. The Morgan fingerprint density at radius 3 is 2.38 bits per heavy atom. The van der Waals surface area contributed by atoms with Gasteiger partial charge in [0.25, 0.3) is 0 Å². The van der Waals surface area contributed by atoms with Gasteiger partial charge in [-0.3, -0.25) is 9.59 Å². The first-order valence-corrected chi connectivity index (χ1v) is 8.00. The summed E-state index contributed by atoms with van der Waals surface area (Å²) < 4.78 is 18.4. The van der Waals surface area contributed by atoms with E-state index in [4.69, 9.17) is 4.42 Å². The smallest absolute Gasteiger partial charge is 0.247 e. The highest BCUT2D eigenvalue weighted by Crippen LogP contribution is 2.18. The van der Waals surface area contributed by atoms with Gasteiger partial charge in [-0.15, -0.1) is 10.2 Å². The Labute approximate surface area is 149 Å². The molecule has 7 heteroatoms. The van der Waals surface area contributed by atoms with Crippen molar-refractivity contribution in [1.29, 1.82) is 0 Å². The van der Waals surface area contributed by atoms with Gasteiger partial charge in [-0.25, -0.2) is 4.39 Å². The highest BCUT2D eigenvalue weighted by atomic mass is 19.1. The van der Waals surface area contributed by atoms with E-state index in [1.54, 1.807) is 36.4 Å². The number of hydrogen-bond donors (Lipinski definition) is 1. The maximum absolute atomic E-state index is 12.9. The van der Waals surface area contributed by atoms with E-state index in [1.807, 2.05) is 0 Å². The van der Waals surface area contributed by atoms with Gasteiger partial charge < -0.3 is 9.73 Å². The van der Waals surface area contributed by atoms with Gasteiger partial charge in [0.2, 0.25) is 17.7 Å². The number of Topliss-reactive ketones (excluding diaryl/α,β-unsaturated/α-hetero) is 1. The molecule has 0 aliphatic carbocycles. The molecule has 0 atom stereocenters. The van der Waals surface area contributed by atoms with Crippen molar-refractivity contribution < 1.29 is 18.4 Å². The minimum atomic E-state index is -0.346. The number of carbonyl (C=O) groups excluding carboxylic acids is 2. The lowest BCUT2D eigenvalue weighted by molar-refractivity contribution is -0.116. The molecule has 6 nitrogen and oxygen atoms in total. The second kappa shape index (κ2) is 7.69. The molecule has 1 N–H and O–H groups in total. The van der Waals surface area contributed by atoms with Crippen LogP contribution in [0.2, 0.25) is 0 Å². The molecule has 0 radical (unpaired) electrons. The van der Waals surface area contributed by atoms with Crippen molar-refractivity contribution in [3.8, 4) is 11.5 Å². The topological polar surface area (TPSA) is 85.1 Å². The molecule has 0 fully saturated rings. The largest absolute Gasteiger partial charge is 0.421 e. The van der Waals surface area contributed by atoms with Crippen molar-refractivity contribution in [3.05, 3.63) is 65.8 Å². The quantitative estimate of drug-likeness (QED) is 0.684. The van der Waals surface area contributed by atoms with E-state index in [-0.39, 0.29) is 36.2 Å². The molecule has 2 aromatic carbocycles. The summed E-state index contributed by atoms with van der Waals surface area (Å²) in [5.41, 5.74) is 1.81. The molecule has 0 aliphatic heterocycles. The summed E-state index contributed by atoms with van der Waals surface area (Å²) in [5.74, 6) is 0.0199. The third-order valence-corrected chi connectivity index (χ3v) is 3.70. The molecule has 0 saturated heterocycles.